The number of piperidine rings is 1. The quantitative estimate of drug-likeness (QED) is 0.362. The molecule has 0 radical (unpaired) electrons. The molecule has 178 valence electrons. The highest BCUT2D eigenvalue weighted by atomic mass is 32.2. The maximum Gasteiger partial charge on any atom is 0.254 e. The molecule has 0 unspecified atom stereocenters. The van der Waals surface area contributed by atoms with Gasteiger partial charge in [0.1, 0.15) is 24.4 Å². The summed E-state index contributed by atoms with van der Waals surface area (Å²) in [4.78, 5) is 10.2. The van der Waals surface area contributed by atoms with Crippen LogP contribution in [-0.2, 0) is 16.6 Å². The first kappa shape index (κ1) is 22.5. The Morgan fingerprint density at radius 2 is 2.00 bits per heavy atom. The third kappa shape index (κ3) is 4.53. The van der Waals surface area contributed by atoms with Gasteiger partial charge in [-0.1, -0.05) is 0 Å². The fourth-order valence-electron chi connectivity index (χ4n) is 3.75. The van der Waals surface area contributed by atoms with Crippen LogP contribution < -0.4 is 4.74 Å². The van der Waals surface area contributed by atoms with E-state index < -0.39 is 10.0 Å². The van der Waals surface area contributed by atoms with Crippen molar-refractivity contribution < 1.29 is 13.2 Å². The number of aryl methyl sites for hydroxylation is 2. The second kappa shape index (κ2) is 9.15. The number of tetrazole rings is 1. The van der Waals surface area contributed by atoms with Crippen LogP contribution in [-0.4, -0.2) is 71.0 Å². The third-order valence-electron chi connectivity index (χ3n) is 5.43. The summed E-state index contributed by atoms with van der Waals surface area (Å²) in [6.45, 7) is 4.62. The summed E-state index contributed by atoms with van der Waals surface area (Å²) in [5, 5.41) is 20.6. The lowest BCUT2D eigenvalue weighted by Crippen LogP contribution is -2.39. The first-order valence-electron chi connectivity index (χ1n) is 10.6. The van der Waals surface area contributed by atoms with E-state index in [1.807, 2.05) is 6.92 Å². The molecule has 13 nitrogen and oxygen atoms in total. The number of thiazole rings is 1. The predicted molar refractivity (Wildman–Crippen MR) is 120 cm³/mol. The van der Waals surface area contributed by atoms with Gasteiger partial charge in [-0.2, -0.15) is 24.0 Å². The highest BCUT2D eigenvalue weighted by molar-refractivity contribution is 7.91. The van der Waals surface area contributed by atoms with Gasteiger partial charge in [-0.05, 0) is 49.2 Å². The fourth-order valence-corrected chi connectivity index (χ4v) is 6.84. The second-order valence-electron chi connectivity index (χ2n) is 7.79. The van der Waals surface area contributed by atoms with E-state index in [2.05, 4.69) is 35.7 Å². The maximum absolute atomic E-state index is 13.0. The number of rotatable bonds is 7. The van der Waals surface area contributed by atoms with Crippen molar-refractivity contribution in [2.24, 2.45) is 0 Å². The van der Waals surface area contributed by atoms with Crippen LogP contribution in [0, 0.1) is 13.8 Å². The molecule has 1 aliphatic heterocycles. The fraction of sp³-hybridized carbons (Fsp3) is 0.421. The monoisotopic (exact) mass is 502 g/mol. The van der Waals surface area contributed by atoms with Crippen LogP contribution in [0.2, 0.25) is 0 Å². The lowest BCUT2D eigenvalue weighted by molar-refractivity contribution is 0.241. The molecular formula is C19H22N10O3S2. The topological polar surface area (TPSA) is 147 Å². The van der Waals surface area contributed by atoms with Gasteiger partial charge >= 0.3 is 0 Å². The molecule has 0 bridgehead atoms. The molecule has 1 aliphatic rings. The normalized spacial score (nSPS) is 15.6. The van der Waals surface area contributed by atoms with E-state index in [1.165, 1.54) is 26.7 Å². The molecular weight excluding hydrogens is 480 g/mol. The number of hydrogen-bond acceptors (Lipinski definition) is 11. The largest absolute Gasteiger partial charge is 0.486 e. The number of hydrogen-bond donors (Lipinski definition) is 0. The van der Waals surface area contributed by atoms with E-state index in [1.54, 1.807) is 36.2 Å². The summed E-state index contributed by atoms with van der Waals surface area (Å²) in [6, 6.07) is 3.55. The van der Waals surface area contributed by atoms with Gasteiger partial charge in [0.15, 0.2) is 10.0 Å². The summed E-state index contributed by atoms with van der Waals surface area (Å²) in [6.07, 6.45) is 5.98. The Kier molecular flexibility index (Phi) is 6.05. The molecule has 1 saturated heterocycles. The van der Waals surface area contributed by atoms with Gasteiger partial charge in [0.2, 0.25) is 0 Å². The van der Waals surface area contributed by atoms with Crippen molar-refractivity contribution in [3.05, 3.63) is 47.2 Å². The van der Waals surface area contributed by atoms with Crippen LogP contribution in [0.4, 0.5) is 0 Å². The molecule has 0 spiro atoms. The average Bonchev–Trinajstić information content (AvgIpc) is 3.60. The first-order chi connectivity index (χ1) is 16.4. The molecule has 15 heteroatoms. The average molecular weight is 503 g/mol. The van der Waals surface area contributed by atoms with Gasteiger partial charge in [0.05, 0.1) is 29.1 Å². The van der Waals surface area contributed by atoms with Crippen LogP contribution in [0.25, 0.3) is 5.82 Å². The predicted octanol–water partition coefficient (Wildman–Crippen LogP) is 1.33. The van der Waals surface area contributed by atoms with E-state index in [0.29, 0.717) is 53.1 Å². The summed E-state index contributed by atoms with van der Waals surface area (Å²) < 4.78 is 35.1. The number of nitrogens with zero attached hydrogens (tertiary/aromatic N) is 10. The molecule has 0 aromatic carbocycles. The van der Waals surface area contributed by atoms with Crippen molar-refractivity contribution in [3.63, 3.8) is 0 Å². The molecule has 0 saturated carbocycles. The van der Waals surface area contributed by atoms with Crippen LogP contribution >= 0.6 is 11.3 Å². The highest BCUT2D eigenvalue weighted by Gasteiger charge is 2.33. The minimum Gasteiger partial charge on any atom is -0.486 e. The van der Waals surface area contributed by atoms with Crippen molar-refractivity contribution in [2.45, 2.75) is 43.5 Å². The third-order valence-corrected chi connectivity index (χ3v) is 8.99. The lowest BCUT2D eigenvalue weighted by Gasteiger charge is -2.30. The van der Waals surface area contributed by atoms with Crippen LogP contribution in [0.15, 0.2) is 35.1 Å². The minimum atomic E-state index is -3.53. The standard InChI is InChI=1S/C19H22N10O3S2/c1-13-19(33-14(2)23-13)34(30,31)27-7-5-16(6-8-27)29-22-9-15(24-29)11-32-17-3-4-18(20-10-17)28-12-21-25-26-28/h3-4,9-10,12,16H,5-8,11H2,1-2H3. The molecule has 0 N–H and O–H groups in total. The van der Waals surface area contributed by atoms with Crippen molar-refractivity contribution in [2.75, 3.05) is 13.1 Å². The van der Waals surface area contributed by atoms with E-state index in [4.69, 9.17) is 4.74 Å². The number of ether oxygens (including phenoxy) is 1. The SMILES string of the molecule is Cc1nc(C)c(S(=O)(=O)N2CCC(n3ncc(COc4ccc(-n5cnnn5)nc4)n3)CC2)s1. The summed E-state index contributed by atoms with van der Waals surface area (Å²) in [7, 11) is -3.53. The van der Waals surface area contributed by atoms with Crippen molar-refractivity contribution in [1.29, 1.82) is 0 Å². The molecule has 5 heterocycles. The molecule has 5 rings (SSSR count). The van der Waals surface area contributed by atoms with Gasteiger partial charge in [-0.15, -0.1) is 16.4 Å². The zero-order valence-electron chi connectivity index (χ0n) is 18.5. The van der Waals surface area contributed by atoms with Crippen molar-refractivity contribution in [3.8, 4) is 11.6 Å². The first-order valence-corrected chi connectivity index (χ1v) is 12.8. The van der Waals surface area contributed by atoms with Crippen molar-refractivity contribution in [1.82, 2.24) is 49.5 Å². The van der Waals surface area contributed by atoms with Crippen LogP contribution in [0.1, 0.15) is 35.3 Å². The molecule has 0 aliphatic carbocycles. The Morgan fingerprint density at radius 1 is 1.18 bits per heavy atom. The Bertz CT molecular complexity index is 1360. The van der Waals surface area contributed by atoms with E-state index in [9.17, 15) is 8.42 Å². The van der Waals surface area contributed by atoms with Gasteiger partial charge < -0.3 is 4.74 Å². The lowest BCUT2D eigenvalue weighted by atomic mass is 10.1. The molecule has 4 aromatic rings. The summed E-state index contributed by atoms with van der Waals surface area (Å²) in [5.74, 6) is 1.16. The molecule has 34 heavy (non-hydrogen) atoms. The second-order valence-corrected chi connectivity index (χ2v) is 11.1. The van der Waals surface area contributed by atoms with Gasteiger partial charge in [0.25, 0.3) is 10.0 Å². The van der Waals surface area contributed by atoms with E-state index >= 15 is 0 Å². The van der Waals surface area contributed by atoms with E-state index in [0.717, 1.165) is 5.01 Å². The van der Waals surface area contributed by atoms with E-state index in [-0.39, 0.29) is 12.6 Å². The Morgan fingerprint density at radius 3 is 2.65 bits per heavy atom. The molecule has 0 amide bonds. The maximum atomic E-state index is 13.0. The van der Waals surface area contributed by atoms with Gasteiger partial charge in [0, 0.05) is 13.1 Å². The zero-order chi connectivity index (χ0) is 23.7. The molecule has 1 fully saturated rings. The summed E-state index contributed by atoms with van der Waals surface area (Å²) in [5.41, 5.74) is 1.23. The smallest absolute Gasteiger partial charge is 0.254 e. The number of pyridine rings is 1. The van der Waals surface area contributed by atoms with Crippen LogP contribution in [0.5, 0.6) is 5.75 Å². The zero-order valence-corrected chi connectivity index (χ0v) is 20.1. The Hall–Kier alpha value is -3.30. The molecule has 0 atom stereocenters. The van der Waals surface area contributed by atoms with Gasteiger partial charge in [-0.3, -0.25) is 0 Å². The number of aromatic nitrogens is 9. The van der Waals surface area contributed by atoms with Gasteiger partial charge in [-0.25, -0.2) is 18.4 Å². The van der Waals surface area contributed by atoms with Crippen LogP contribution in [0.3, 0.4) is 0 Å². The summed E-state index contributed by atoms with van der Waals surface area (Å²) >= 11 is 1.22. The highest BCUT2D eigenvalue weighted by Crippen LogP contribution is 2.30. The number of sulfonamides is 1. The Balaban J connectivity index is 1.16. The Labute approximate surface area is 199 Å². The van der Waals surface area contributed by atoms with Crippen molar-refractivity contribution >= 4 is 21.4 Å². The molecule has 4 aromatic heterocycles. The minimum absolute atomic E-state index is 0.0294.